The number of hydrogen-bond acceptors (Lipinski definition) is 6. The van der Waals surface area contributed by atoms with E-state index < -0.39 is 5.97 Å². The zero-order valence-corrected chi connectivity index (χ0v) is 29.8. The number of benzene rings is 3. The summed E-state index contributed by atoms with van der Waals surface area (Å²) in [6, 6.07) is 20.4. The second kappa shape index (κ2) is 23.1. The predicted molar refractivity (Wildman–Crippen MR) is 196 cm³/mol. The third-order valence-electron chi connectivity index (χ3n) is 8.45. The Balaban J connectivity index is 1.40. The fraction of sp³-hybridized carbons (Fsp3) is 0.465. The molecule has 0 fully saturated rings. The lowest BCUT2D eigenvalue weighted by Crippen LogP contribution is -2.17. The van der Waals surface area contributed by atoms with Gasteiger partial charge in [-0.15, -0.1) is 0 Å². The third kappa shape index (κ3) is 15.6. The van der Waals surface area contributed by atoms with Crippen LogP contribution in [0.2, 0.25) is 0 Å². The molecule has 49 heavy (non-hydrogen) atoms. The highest BCUT2D eigenvalue weighted by Gasteiger charge is 2.15. The topological polar surface area (TPSA) is 78.9 Å². The Bertz CT molecular complexity index is 1460. The van der Waals surface area contributed by atoms with Crippen LogP contribution in [0.4, 0.5) is 0 Å². The molecule has 0 bridgehead atoms. The molecular formula is C43H54O6. The Morgan fingerprint density at radius 3 is 1.55 bits per heavy atom. The summed E-state index contributed by atoms with van der Waals surface area (Å²) in [7, 11) is 0. The molecule has 6 heteroatoms. The van der Waals surface area contributed by atoms with Crippen molar-refractivity contribution in [2.24, 2.45) is 0 Å². The molecule has 0 aromatic heterocycles. The molecule has 0 aliphatic rings. The first-order valence-corrected chi connectivity index (χ1v) is 18.4. The number of esters is 3. The first kappa shape index (κ1) is 39.1. The fourth-order valence-electron chi connectivity index (χ4n) is 5.39. The van der Waals surface area contributed by atoms with E-state index in [-0.39, 0.29) is 18.0 Å². The van der Waals surface area contributed by atoms with Crippen LogP contribution in [0.5, 0.6) is 11.5 Å². The molecule has 1 unspecified atom stereocenters. The highest BCUT2D eigenvalue weighted by Crippen LogP contribution is 2.19. The van der Waals surface area contributed by atoms with E-state index in [1.807, 2.05) is 19.1 Å². The molecule has 3 rings (SSSR count). The number of hydrogen-bond donors (Lipinski definition) is 0. The van der Waals surface area contributed by atoms with Crippen LogP contribution in [0.15, 0.2) is 72.8 Å². The van der Waals surface area contributed by atoms with Crippen molar-refractivity contribution >= 4 is 17.9 Å². The van der Waals surface area contributed by atoms with Gasteiger partial charge in [-0.25, -0.2) is 9.59 Å². The second-order valence-electron chi connectivity index (χ2n) is 12.6. The van der Waals surface area contributed by atoms with Gasteiger partial charge < -0.3 is 14.2 Å². The van der Waals surface area contributed by atoms with Gasteiger partial charge in [0.25, 0.3) is 0 Å². The number of ether oxygens (including phenoxy) is 3. The SMILES string of the molecule is CCCCCCCCCCCC(=O)Oc1ccc(C#Cc2ccc(C(=O)Oc3ccc(C(=O)OC(CC)CCCCCC)cc3)cc2)cc1. The summed E-state index contributed by atoms with van der Waals surface area (Å²) in [6.07, 6.45) is 17.4. The van der Waals surface area contributed by atoms with Crippen molar-refractivity contribution in [3.8, 4) is 23.3 Å². The van der Waals surface area contributed by atoms with E-state index >= 15 is 0 Å². The van der Waals surface area contributed by atoms with E-state index in [1.165, 1.54) is 57.8 Å². The van der Waals surface area contributed by atoms with Gasteiger partial charge in [0.05, 0.1) is 11.1 Å². The van der Waals surface area contributed by atoms with Crippen molar-refractivity contribution in [1.82, 2.24) is 0 Å². The van der Waals surface area contributed by atoms with Gasteiger partial charge >= 0.3 is 17.9 Å². The maximum atomic E-state index is 12.7. The summed E-state index contributed by atoms with van der Waals surface area (Å²) < 4.78 is 16.7. The summed E-state index contributed by atoms with van der Waals surface area (Å²) >= 11 is 0. The molecule has 0 aliphatic heterocycles. The van der Waals surface area contributed by atoms with Crippen molar-refractivity contribution in [1.29, 1.82) is 0 Å². The lowest BCUT2D eigenvalue weighted by molar-refractivity contribution is -0.134. The first-order chi connectivity index (χ1) is 23.9. The van der Waals surface area contributed by atoms with Gasteiger partial charge in [-0.3, -0.25) is 4.79 Å². The minimum absolute atomic E-state index is 0.0921. The van der Waals surface area contributed by atoms with Gasteiger partial charge in [-0.1, -0.05) is 103 Å². The van der Waals surface area contributed by atoms with E-state index in [2.05, 4.69) is 25.7 Å². The maximum Gasteiger partial charge on any atom is 0.343 e. The predicted octanol–water partition coefficient (Wildman–Crippen LogP) is 11.0. The molecule has 0 aliphatic carbocycles. The van der Waals surface area contributed by atoms with Crippen LogP contribution in [0.3, 0.4) is 0 Å². The third-order valence-corrected chi connectivity index (χ3v) is 8.45. The van der Waals surface area contributed by atoms with Gasteiger partial charge in [0, 0.05) is 17.5 Å². The molecule has 0 saturated carbocycles. The van der Waals surface area contributed by atoms with Crippen LogP contribution in [-0.4, -0.2) is 24.0 Å². The highest BCUT2D eigenvalue weighted by atomic mass is 16.5. The Hall–Kier alpha value is -4.37. The smallest absolute Gasteiger partial charge is 0.343 e. The number of unbranched alkanes of at least 4 members (excludes halogenated alkanes) is 11. The minimum atomic E-state index is -0.504. The van der Waals surface area contributed by atoms with Crippen molar-refractivity contribution < 1.29 is 28.6 Å². The average Bonchev–Trinajstić information content (AvgIpc) is 3.12. The zero-order valence-electron chi connectivity index (χ0n) is 29.8. The number of carbonyl (C=O) groups is 3. The molecular weight excluding hydrogens is 612 g/mol. The minimum Gasteiger partial charge on any atom is -0.459 e. The Morgan fingerprint density at radius 2 is 0.980 bits per heavy atom. The Kier molecular flexibility index (Phi) is 18.4. The van der Waals surface area contributed by atoms with Gasteiger partial charge in [0.1, 0.15) is 17.6 Å². The number of carbonyl (C=O) groups excluding carboxylic acids is 3. The van der Waals surface area contributed by atoms with Crippen molar-refractivity contribution in [3.05, 3.63) is 95.1 Å². The van der Waals surface area contributed by atoms with Gasteiger partial charge in [-0.05, 0) is 98.5 Å². The van der Waals surface area contributed by atoms with E-state index in [9.17, 15) is 14.4 Å². The van der Waals surface area contributed by atoms with E-state index in [0.29, 0.717) is 29.0 Å². The molecule has 0 spiro atoms. The van der Waals surface area contributed by atoms with Crippen LogP contribution < -0.4 is 9.47 Å². The summed E-state index contributed by atoms with van der Waals surface area (Å²) in [5, 5.41) is 0. The van der Waals surface area contributed by atoms with Crippen LogP contribution >= 0.6 is 0 Å². The second-order valence-corrected chi connectivity index (χ2v) is 12.6. The lowest BCUT2D eigenvalue weighted by atomic mass is 10.1. The van der Waals surface area contributed by atoms with E-state index in [4.69, 9.17) is 14.2 Å². The van der Waals surface area contributed by atoms with E-state index in [1.54, 1.807) is 60.7 Å². The van der Waals surface area contributed by atoms with Crippen LogP contribution in [0.1, 0.15) is 155 Å². The van der Waals surface area contributed by atoms with Crippen molar-refractivity contribution in [3.63, 3.8) is 0 Å². The molecule has 0 heterocycles. The molecule has 1 atom stereocenters. The molecule has 6 nitrogen and oxygen atoms in total. The molecule has 3 aromatic carbocycles. The van der Waals surface area contributed by atoms with Crippen molar-refractivity contribution in [2.45, 2.75) is 130 Å². The highest BCUT2D eigenvalue weighted by molar-refractivity contribution is 5.92. The Labute approximate surface area is 293 Å². The van der Waals surface area contributed by atoms with Crippen molar-refractivity contribution in [2.75, 3.05) is 0 Å². The standard InChI is InChI=1S/C43H54O6/c1-4-7-9-11-12-13-14-15-17-19-41(44)47-39-30-24-35(25-31-39)21-20-34-22-26-36(27-23-34)43(46)49-40-32-28-37(29-33-40)42(45)48-38(6-3)18-16-10-8-5-2/h22-33,38H,4-19H2,1-3H3. The summed E-state index contributed by atoms with van der Waals surface area (Å²) in [5.41, 5.74) is 2.34. The monoisotopic (exact) mass is 666 g/mol. The molecule has 0 radical (unpaired) electrons. The van der Waals surface area contributed by atoms with Crippen LogP contribution in [-0.2, 0) is 9.53 Å². The van der Waals surface area contributed by atoms with Gasteiger partial charge in [0.2, 0.25) is 0 Å². The molecule has 3 aromatic rings. The average molecular weight is 667 g/mol. The Morgan fingerprint density at radius 1 is 0.531 bits per heavy atom. The van der Waals surface area contributed by atoms with Gasteiger partial charge in [-0.2, -0.15) is 0 Å². The molecule has 0 amide bonds. The van der Waals surface area contributed by atoms with Crippen LogP contribution in [0, 0.1) is 11.8 Å². The van der Waals surface area contributed by atoms with Crippen LogP contribution in [0.25, 0.3) is 0 Å². The first-order valence-electron chi connectivity index (χ1n) is 18.4. The quantitative estimate of drug-likeness (QED) is 0.0487. The summed E-state index contributed by atoms with van der Waals surface area (Å²) in [6.45, 7) is 6.43. The molecule has 262 valence electrons. The lowest BCUT2D eigenvalue weighted by Gasteiger charge is -2.16. The summed E-state index contributed by atoms with van der Waals surface area (Å²) in [5.74, 6) is 5.98. The largest absolute Gasteiger partial charge is 0.459 e. The summed E-state index contributed by atoms with van der Waals surface area (Å²) in [4.78, 5) is 37.5. The van der Waals surface area contributed by atoms with E-state index in [0.717, 1.165) is 49.7 Å². The fourth-order valence-corrected chi connectivity index (χ4v) is 5.39. The molecule has 0 N–H and O–H groups in total. The number of rotatable bonds is 21. The maximum absolute atomic E-state index is 12.7. The normalized spacial score (nSPS) is 11.2. The van der Waals surface area contributed by atoms with Gasteiger partial charge in [0.15, 0.2) is 0 Å². The zero-order chi connectivity index (χ0) is 35.1. The molecule has 0 saturated heterocycles.